The first-order valence-corrected chi connectivity index (χ1v) is 6.84. The molecule has 0 aliphatic heterocycles. The maximum Gasteiger partial charge on any atom is 0.402 e. The molecule has 0 saturated carbocycles. The van der Waals surface area contributed by atoms with Crippen LogP contribution in [0, 0.1) is 0 Å². The minimum Gasteiger partial charge on any atom is -0.229 e. The summed E-state index contributed by atoms with van der Waals surface area (Å²) in [5.74, 6) is -1.06. The van der Waals surface area contributed by atoms with Crippen molar-refractivity contribution in [3.63, 3.8) is 0 Å². The number of hydrogen-bond acceptors (Lipinski definition) is 2. The van der Waals surface area contributed by atoms with Gasteiger partial charge in [0.25, 0.3) is 0 Å². The molecule has 0 aliphatic rings. The Morgan fingerprint density at radius 1 is 1.36 bits per heavy atom. The van der Waals surface area contributed by atoms with Crippen LogP contribution in [-0.4, -0.2) is 30.9 Å². The van der Waals surface area contributed by atoms with Gasteiger partial charge in [0.15, 0.2) is 9.84 Å². The number of halogens is 4. The SMILES string of the molecule is CCCCS(=O)(=O)CC(Br)C(F)(F)F. The first kappa shape index (κ1) is 14.2. The van der Waals surface area contributed by atoms with E-state index in [-0.39, 0.29) is 5.75 Å². The highest BCUT2D eigenvalue weighted by atomic mass is 79.9. The lowest BCUT2D eigenvalue weighted by molar-refractivity contribution is -0.123. The Hall–Kier alpha value is 0.220. The van der Waals surface area contributed by atoms with Gasteiger partial charge in [0.2, 0.25) is 0 Å². The fraction of sp³-hybridized carbons (Fsp3) is 1.00. The molecule has 0 aromatic carbocycles. The lowest BCUT2D eigenvalue weighted by atomic mass is 10.4. The largest absolute Gasteiger partial charge is 0.402 e. The van der Waals surface area contributed by atoms with Crippen molar-refractivity contribution < 1.29 is 21.6 Å². The summed E-state index contributed by atoms with van der Waals surface area (Å²) in [7, 11) is -3.59. The summed E-state index contributed by atoms with van der Waals surface area (Å²) >= 11 is 2.32. The van der Waals surface area contributed by atoms with E-state index in [0.29, 0.717) is 12.8 Å². The first-order valence-electron chi connectivity index (χ1n) is 4.10. The van der Waals surface area contributed by atoms with Crippen molar-refractivity contribution in [2.45, 2.75) is 30.8 Å². The van der Waals surface area contributed by atoms with Crippen molar-refractivity contribution in [2.24, 2.45) is 0 Å². The molecule has 0 rings (SSSR count). The minimum atomic E-state index is -4.50. The lowest BCUT2D eigenvalue weighted by Gasteiger charge is -2.13. The average molecular weight is 297 g/mol. The molecule has 1 unspecified atom stereocenters. The highest BCUT2D eigenvalue weighted by molar-refractivity contribution is 9.09. The van der Waals surface area contributed by atoms with Crippen molar-refractivity contribution in [1.29, 1.82) is 0 Å². The molecule has 0 N–H and O–H groups in total. The standard InChI is InChI=1S/C7H12BrF3O2S/c1-2-3-4-14(12,13)5-6(8)7(9,10)11/h6H,2-5H2,1H3. The molecular weight excluding hydrogens is 285 g/mol. The zero-order chi connectivity index (χ0) is 11.4. The van der Waals surface area contributed by atoms with Crippen LogP contribution in [0.15, 0.2) is 0 Å². The summed E-state index contributed by atoms with van der Waals surface area (Å²) in [6, 6.07) is 0. The van der Waals surface area contributed by atoms with Crippen molar-refractivity contribution >= 4 is 25.8 Å². The summed E-state index contributed by atoms with van der Waals surface area (Å²) in [6.07, 6.45) is -3.45. The molecule has 2 nitrogen and oxygen atoms in total. The quantitative estimate of drug-likeness (QED) is 0.731. The highest BCUT2D eigenvalue weighted by Crippen LogP contribution is 2.27. The van der Waals surface area contributed by atoms with Gasteiger partial charge in [-0.05, 0) is 6.42 Å². The van der Waals surface area contributed by atoms with Crippen molar-refractivity contribution in [1.82, 2.24) is 0 Å². The van der Waals surface area contributed by atoms with E-state index in [9.17, 15) is 21.6 Å². The predicted molar refractivity (Wildman–Crippen MR) is 52.3 cm³/mol. The molecule has 0 heterocycles. The molecule has 1 atom stereocenters. The van der Waals surface area contributed by atoms with Gasteiger partial charge in [-0.15, -0.1) is 0 Å². The lowest BCUT2D eigenvalue weighted by Crippen LogP contribution is -2.31. The van der Waals surface area contributed by atoms with Crippen LogP contribution in [0.5, 0.6) is 0 Å². The molecule has 0 amide bonds. The Labute approximate surface area is 89.9 Å². The molecule has 0 saturated heterocycles. The molecule has 0 bridgehead atoms. The van der Waals surface area contributed by atoms with Gasteiger partial charge in [-0.25, -0.2) is 8.42 Å². The van der Waals surface area contributed by atoms with Gasteiger partial charge < -0.3 is 0 Å². The molecule has 86 valence electrons. The zero-order valence-electron chi connectivity index (χ0n) is 7.64. The van der Waals surface area contributed by atoms with E-state index in [0.717, 1.165) is 0 Å². The van der Waals surface area contributed by atoms with Crippen molar-refractivity contribution in [3.8, 4) is 0 Å². The second kappa shape index (κ2) is 5.34. The van der Waals surface area contributed by atoms with Crippen LogP contribution < -0.4 is 0 Å². The van der Waals surface area contributed by atoms with Crippen LogP contribution in [0.2, 0.25) is 0 Å². The van der Waals surface area contributed by atoms with E-state index in [4.69, 9.17) is 0 Å². The van der Waals surface area contributed by atoms with E-state index in [1.54, 1.807) is 6.92 Å². The van der Waals surface area contributed by atoms with Crippen LogP contribution in [0.4, 0.5) is 13.2 Å². The second-order valence-electron chi connectivity index (χ2n) is 2.98. The molecule has 14 heavy (non-hydrogen) atoms. The Morgan fingerprint density at radius 3 is 2.21 bits per heavy atom. The van der Waals surface area contributed by atoms with Gasteiger partial charge in [0, 0.05) is 0 Å². The molecule has 0 aromatic heterocycles. The van der Waals surface area contributed by atoms with Crippen LogP contribution in [0.25, 0.3) is 0 Å². The fourth-order valence-electron chi connectivity index (χ4n) is 0.765. The van der Waals surface area contributed by atoms with Gasteiger partial charge in [0.05, 0.1) is 11.5 Å². The molecule has 0 fully saturated rings. The Balaban J connectivity index is 4.23. The van der Waals surface area contributed by atoms with E-state index in [2.05, 4.69) is 15.9 Å². The second-order valence-corrected chi connectivity index (χ2v) is 6.31. The van der Waals surface area contributed by atoms with Gasteiger partial charge >= 0.3 is 6.18 Å². The van der Waals surface area contributed by atoms with E-state index >= 15 is 0 Å². The number of rotatable bonds is 5. The molecular formula is C7H12BrF3O2S. The maximum atomic E-state index is 12.0. The third-order valence-electron chi connectivity index (χ3n) is 1.56. The summed E-state index contributed by atoms with van der Waals surface area (Å²) in [5, 5.41) is 0. The highest BCUT2D eigenvalue weighted by Gasteiger charge is 2.40. The number of sulfone groups is 1. The van der Waals surface area contributed by atoms with Crippen molar-refractivity contribution in [2.75, 3.05) is 11.5 Å². The van der Waals surface area contributed by atoms with Gasteiger partial charge in [-0.3, -0.25) is 0 Å². The van der Waals surface area contributed by atoms with E-state index < -0.39 is 26.6 Å². The topological polar surface area (TPSA) is 34.1 Å². The smallest absolute Gasteiger partial charge is 0.229 e. The zero-order valence-corrected chi connectivity index (χ0v) is 10.0. The van der Waals surface area contributed by atoms with Gasteiger partial charge in [-0.1, -0.05) is 29.3 Å². The third kappa shape index (κ3) is 5.85. The summed E-state index contributed by atoms with van der Waals surface area (Å²) in [5.41, 5.74) is 0. The molecule has 0 radical (unpaired) electrons. The monoisotopic (exact) mass is 296 g/mol. The Bertz CT molecular complexity index is 261. The fourth-order valence-corrected chi connectivity index (χ4v) is 3.50. The molecule has 0 aromatic rings. The number of hydrogen-bond donors (Lipinski definition) is 0. The Morgan fingerprint density at radius 2 is 1.86 bits per heavy atom. The van der Waals surface area contributed by atoms with Crippen LogP contribution >= 0.6 is 15.9 Å². The first-order chi connectivity index (χ1) is 6.19. The molecule has 0 aliphatic carbocycles. The van der Waals surface area contributed by atoms with Crippen LogP contribution in [0.3, 0.4) is 0 Å². The van der Waals surface area contributed by atoms with E-state index in [1.807, 2.05) is 0 Å². The predicted octanol–water partition coefficient (Wildman–Crippen LogP) is 2.53. The maximum absolute atomic E-state index is 12.0. The van der Waals surface area contributed by atoms with Crippen LogP contribution in [0.1, 0.15) is 19.8 Å². The number of alkyl halides is 4. The normalized spacial score (nSPS) is 15.5. The number of unbranched alkanes of at least 4 members (excludes halogenated alkanes) is 1. The minimum absolute atomic E-state index is 0.179. The summed E-state index contributed by atoms with van der Waals surface area (Å²) in [6.45, 7) is 1.78. The van der Waals surface area contributed by atoms with Gasteiger partial charge in [0.1, 0.15) is 4.83 Å². The third-order valence-corrected chi connectivity index (χ3v) is 4.59. The van der Waals surface area contributed by atoms with Crippen molar-refractivity contribution in [3.05, 3.63) is 0 Å². The Kier molecular flexibility index (Phi) is 5.43. The van der Waals surface area contributed by atoms with Gasteiger partial charge in [-0.2, -0.15) is 13.2 Å². The van der Waals surface area contributed by atoms with Crippen LogP contribution in [-0.2, 0) is 9.84 Å². The summed E-state index contributed by atoms with van der Waals surface area (Å²) < 4.78 is 58.2. The summed E-state index contributed by atoms with van der Waals surface area (Å²) in [4.78, 5) is -1.96. The molecule has 0 spiro atoms. The average Bonchev–Trinajstić information content (AvgIpc) is 1.98. The van der Waals surface area contributed by atoms with E-state index in [1.165, 1.54) is 0 Å². The molecule has 7 heteroatoms.